The minimum absolute atomic E-state index is 0.249. The van der Waals surface area contributed by atoms with Gasteiger partial charge in [-0.1, -0.05) is 34.0 Å². The average Bonchev–Trinajstić information content (AvgIpc) is 1.58. The van der Waals surface area contributed by atoms with E-state index in [4.69, 9.17) is 10.7 Å². The number of hydrogen-bond donors (Lipinski definition) is 4. The Morgan fingerprint density at radius 3 is 1.64 bits per heavy atom. The number of nitrogens with one attached hydrogen (secondary N) is 3. The Morgan fingerprint density at radius 2 is 1.09 bits per heavy atom. The smallest absolute Gasteiger partial charge is 0.252 e. The Bertz CT molecular complexity index is 4970. The summed E-state index contributed by atoms with van der Waals surface area (Å²) < 4.78 is 37.8. The van der Waals surface area contributed by atoms with Crippen LogP contribution in [0.5, 0.6) is 0 Å². The number of piperidine rings is 3. The van der Waals surface area contributed by atoms with Gasteiger partial charge in [-0.2, -0.15) is 20.6 Å². The Hall–Kier alpha value is -8.71. The maximum Gasteiger partial charge on any atom is 0.252 e. The second-order valence-corrected chi connectivity index (χ2v) is 29.5. The summed E-state index contributed by atoms with van der Waals surface area (Å²) in [4.78, 5) is 46.7. The zero-order valence-electron chi connectivity index (χ0n) is 52.9. The number of fused-ring (bicyclic) bond motifs is 12. The monoisotopic (exact) mass is 1320 g/mol. The number of rotatable bonds is 10. The molecule has 6 fully saturated rings. The maximum absolute atomic E-state index is 15.1. The summed E-state index contributed by atoms with van der Waals surface area (Å²) in [6.07, 6.45) is 21.8. The van der Waals surface area contributed by atoms with E-state index in [9.17, 15) is 14.4 Å². The normalized spacial score (nSPS) is 22.9. The van der Waals surface area contributed by atoms with E-state index in [1.54, 1.807) is 50.4 Å². The minimum Gasteiger partial charge on any atom is -0.365 e. The van der Waals surface area contributed by atoms with Crippen molar-refractivity contribution >= 4 is 114 Å². The van der Waals surface area contributed by atoms with E-state index in [0.717, 1.165) is 105 Å². The number of aromatic nitrogens is 12. The number of benzene rings is 3. The first kappa shape index (κ1) is 60.2. The SMILES string of the molecule is CN(c1nc2c(F)cc(-c3ccc4nn(C)cc4n3)cc2s1)C1CC2CCC(C1)N2.CN(c1nc2cnc(-c3cc(C#N)c4nn(C)cc4c3)cc2s1)C1CC2CCC(C1)N2.Cc1cn2nc(-c3cc(F)c4nc(N(C)C5CC6CCC(C5)N6)sc4c3)cc(C(N)=O)c2n1. The number of halogens is 2. The van der Waals surface area contributed by atoms with Gasteiger partial charge in [0.05, 0.1) is 66.6 Å². The van der Waals surface area contributed by atoms with Gasteiger partial charge in [0.25, 0.3) is 5.91 Å². The summed E-state index contributed by atoms with van der Waals surface area (Å²) in [5.41, 5.74) is 15.9. The molecule has 1 amide bonds. The van der Waals surface area contributed by atoms with Gasteiger partial charge < -0.3 is 36.4 Å². The molecule has 6 bridgehead atoms. The molecule has 6 aliphatic rings. The van der Waals surface area contributed by atoms with Crippen molar-refractivity contribution in [2.75, 3.05) is 35.8 Å². The molecule has 0 spiro atoms. The van der Waals surface area contributed by atoms with Gasteiger partial charge in [-0.25, -0.2) is 38.2 Å². The number of thiazole rings is 3. The lowest BCUT2D eigenvalue weighted by Crippen LogP contribution is -2.47. The molecule has 12 aromatic rings. The lowest BCUT2D eigenvalue weighted by atomic mass is 9.99. The molecular formula is C68H70F2N20OS3. The van der Waals surface area contributed by atoms with Crippen LogP contribution in [-0.4, -0.2) is 141 Å². The molecule has 0 aliphatic carbocycles. The van der Waals surface area contributed by atoms with E-state index in [1.807, 2.05) is 69.9 Å². The minimum atomic E-state index is -0.603. The van der Waals surface area contributed by atoms with Crippen LogP contribution in [-0.2, 0) is 14.1 Å². The van der Waals surface area contributed by atoms with E-state index >= 15 is 4.39 Å². The van der Waals surface area contributed by atoms with Gasteiger partial charge in [-0.05, 0) is 145 Å². The molecule has 26 heteroatoms. The van der Waals surface area contributed by atoms with Gasteiger partial charge in [0, 0.05) is 118 Å². The standard InChI is InChI=1S/C23H24FN7OS.C23H23N7S.C22H23FN6S/c1-11-10-31-22(26-11)16(21(25)32)9-18(29-31)12-5-17(24)20-19(6-12)33-23(28-20)30(2)15-7-13-3-4-14(8-15)27-13;1-29-12-15-6-13(5-14(10-24)22(15)28-29)19-9-21-20(11-25-19)27-23(31-21)30(2)18-7-16-3-4-17(8-18)26-16;1-28-11-19-18(27-28)6-5-17(25-19)12-7-16(23)21-20(8-12)30-22(26-21)29(2)15-9-13-3-4-14(10-15)24-13/h5-6,9-10,13-15,27H,3-4,7-8H2,1-2H3,(H2,25,32);5-6,9,11-12,16-18,26H,3-4,7-8H2,1-2H3;5-8,11,13-15,24H,3-4,9-10H2,1-2H3. The molecule has 18 rings (SSSR count). The van der Waals surface area contributed by atoms with Gasteiger partial charge in [0.15, 0.2) is 32.7 Å². The molecule has 5 N–H and O–H groups in total. The molecule has 6 unspecified atom stereocenters. The van der Waals surface area contributed by atoms with Crippen LogP contribution in [0.3, 0.4) is 0 Å². The number of pyridine rings is 2. The molecule has 94 heavy (non-hydrogen) atoms. The Balaban J connectivity index is 0.000000112. The number of nitriles is 1. The van der Waals surface area contributed by atoms with Crippen molar-refractivity contribution in [2.24, 2.45) is 19.8 Å². The lowest BCUT2D eigenvalue weighted by Gasteiger charge is -2.35. The molecule has 6 saturated heterocycles. The molecule has 9 aromatic heterocycles. The number of nitrogens with two attached hydrogens (primary N) is 1. The van der Waals surface area contributed by atoms with Gasteiger partial charge in [-0.15, -0.1) is 0 Å². The Morgan fingerprint density at radius 1 is 0.564 bits per heavy atom. The van der Waals surface area contributed by atoms with Crippen LogP contribution < -0.4 is 36.4 Å². The number of nitrogens with zero attached hydrogens (tertiary/aromatic N) is 16. The number of hydrogen-bond acceptors (Lipinski definition) is 20. The lowest BCUT2D eigenvalue weighted by molar-refractivity contribution is 0.100. The van der Waals surface area contributed by atoms with Gasteiger partial charge in [-0.3, -0.25) is 19.1 Å². The van der Waals surface area contributed by atoms with Crippen molar-refractivity contribution in [2.45, 2.75) is 138 Å². The Kier molecular flexibility index (Phi) is 15.3. The molecule has 21 nitrogen and oxygen atoms in total. The summed E-state index contributed by atoms with van der Waals surface area (Å²) in [6.45, 7) is 1.81. The highest BCUT2D eigenvalue weighted by atomic mass is 32.1. The molecule has 480 valence electrons. The van der Waals surface area contributed by atoms with Crippen LogP contribution in [0.2, 0.25) is 0 Å². The van der Waals surface area contributed by atoms with Crippen molar-refractivity contribution in [3.05, 3.63) is 114 Å². The topological polar surface area (TPSA) is 243 Å². The van der Waals surface area contributed by atoms with Crippen LogP contribution in [0.25, 0.3) is 92.0 Å². The third kappa shape index (κ3) is 11.4. The van der Waals surface area contributed by atoms with Crippen molar-refractivity contribution < 1.29 is 13.6 Å². The van der Waals surface area contributed by atoms with Crippen LogP contribution in [0.4, 0.5) is 24.2 Å². The zero-order chi connectivity index (χ0) is 64.4. The number of carbonyl (C=O) groups excluding carboxylic acids is 1. The number of anilines is 3. The number of imidazole rings is 1. The van der Waals surface area contributed by atoms with E-state index in [2.05, 4.69) is 110 Å². The van der Waals surface area contributed by atoms with Crippen LogP contribution in [0.1, 0.15) is 98.7 Å². The summed E-state index contributed by atoms with van der Waals surface area (Å²) in [5.74, 6) is -1.31. The zero-order valence-corrected chi connectivity index (χ0v) is 55.3. The third-order valence-corrected chi connectivity index (χ3v) is 23.3. The van der Waals surface area contributed by atoms with E-state index in [-0.39, 0.29) is 11.4 Å². The number of aryl methyl sites for hydroxylation is 3. The quantitative estimate of drug-likeness (QED) is 0.0994. The number of carbonyl (C=O) groups is 1. The van der Waals surface area contributed by atoms with Gasteiger partial charge in [0.1, 0.15) is 39.2 Å². The van der Waals surface area contributed by atoms with E-state index in [0.29, 0.717) is 93.6 Å². The molecular weight excluding hydrogens is 1250 g/mol. The van der Waals surface area contributed by atoms with Crippen molar-refractivity contribution in [1.29, 1.82) is 5.26 Å². The average molecular weight is 1320 g/mol. The van der Waals surface area contributed by atoms with Crippen LogP contribution in [0, 0.1) is 29.9 Å². The van der Waals surface area contributed by atoms with E-state index < -0.39 is 11.7 Å². The fourth-order valence-electron chi connectivity index (χ4n) is 15.3. The number of amides is 1. The summed E-state index contributed by atoms with van der Waals surface area (Å²) in [5, 5.41) is 37.7. The summed E-state index contributed by atoms with van der Waals surface area (Å²) in [7, 11) is 10.1. The molecule has 6 aliphatic heterocycles. The fourth-order valence-corrected chi connectivity index (χ4v) is 18.4. The largest absolute Gasteiger partial charge is 0.365 e. The van der Waals surface area contributed by atoms with Crippen molar-refractivity contribution in [3.63, 3.8) is 0 Å². The summed E-state index contributed by atoms with van der Waals surface area (Å²) in [6, 6.07) is 25.6. The first-order valence-electron chi connectivity index (χ1n) is 32.3. The fraction of sp³-hybridized carbons (Fsp3) is 0.397. The highest BCUT2D eigenvalue weighted by Crippen LogP contribution is 2.41. The van der Waals surface area contributed by atoms with Crippen molar-refractivity contribution in [1.82, 2.24) is 75.0 Å². The predicted octanol–water partition coefficient (Wildman–Crippen LogP) is 11.2. The molecule has 6 atom stereocenters. The summed E-state index contributed by atoms with van der Waals surface area (Å²) >= 11 is 4.76. The van der Waals surface area contributed by atoms with Gasteiger partial charge >= 0.3 is 0 Å². The molecule has 15 heterocycles. The van der Waals surface area contributed by atoms with Gasteiger partial charge in [0.2, 0.25) is 0 Å². The van der Waals surface area contributed by atoms with E-state index in [1.165, 1.54) is 73.3 Å². The maximum atomic E-state index is 15.1. The highest BCUT2D eigenvalue weighted by Gasteiger charge is 2.39. The second kappa shape index (κ2) is 23.9. The molecule has 0 saturated carbocycles. The first-order chi connectivity index (χ1) is 45.4. The number of primary amides is 1. The Labute approximate surface area is 552 Å². The second-order valence-electron chi connectivity index (χ2n) is 26.5. The first-order valence-corrected chi connectivity index (χ1v) is 34.7. The highest BCUT2D eigenvalue weighted by molar-refractivity contribution is 7.23. The van der Waals surface area contributed by atoms with Crippen LogP contribution >= 0.6 is 34.0 Å². The predicted molar refractivity (Wildman–Crippen MR) is 368 cm³/mol. The van der Waals surface area contributed by atoms with Crippen LogP contribution in [0.15, 0.2) is 85.5 Å². The molecule has 0 radical (unpaired) electrons. The molecule has 3 aromatic carbocycles. The van der Waals surface area contributed by atoms with Crippen molar-refractivity contribution in [3.8, 4) is 39.8 Å². The third-order valence-electron chi connectivity index (χ3n) is 20.0.